The van der Waals surface area contributed by atoms with E-state index in [-0.39, 0.29) is 17.4 Å². The van der Waals surface area contributed by atoms with Gasteiger partial charge in [-0.05, 0) is 6.92 Å². The molecule has 2 aromatic heterocycles. The summed E-state index contributed by atoms with van der Waals surface area (Å²) in [5, 5.41) is 0. The van der Waals surface area contributed by atoms with Crippen LogP contribution < -0.4 is 10.9 Å². The number of nitrogens with zero attached hydrogens (tertiary/aromatic N) is 4. The quantitative estimate of drug-likeness (QED) is 0.743. The van der Waals surface area contributed by atoms with Gasteiger partial charge in [-0.3, -0.25) is 10.2 Å². The molecule has 0 aromatic carbocycles. The lowest BCUT2D eigenvalue weighted by Crippen LogP contribution is -2.50. The Morgan fingerprint density at radius 2 is 2.00 bits per heavy atom. The number of nitrogens with one attached hydrogen (secondary N) is 2. The Balaban J connectivity index is 1.61. The van der Waals surface area contributed by atoms with Gasteiger partial charge in [-0.15, -0.1) is 11.3 Å². The summed E-state index contributed by atoms with van der Waals surface area (Å²) in [6.07, 6.45) is 2.46. The molecule has 9 heteroatoms. The van der Waals surface area contributed by atoms with Gasteiger partial charge in [-0.2, -0.15) is 0 Å². The summed E-state index contributed by atoms with van der Waals surface area (Å²) < 4.78 is 0. The summed E-state index contributed by atoms with van der Waals surface area (Å²) in [5.74, 6) is 0.440. The molecule has 0 bridgehead atoms. The first-order valence-corrected chi connectivity index (χ1v) is 9.24. The number of fused-ring (bicyclic) bond motifs is 1. The van der Waals surface area contributed by atoms with Crippen LogP contribution in [0.2, 0.25) is 0 Å². The number of hydrogen-bond donors (Lipinski definition) is 2. The van der Waals surface area contributed by atoms with E-state index in [9.17, 15) is 9.59 Å². The number of thiazole rings is 1. The van der Waals surface area contributed by atoms with Gasteiger partial charge in [0.2, 0.25) is 0 Å². The van der Waals surface area contributed by atoms with E-state index in [0.717, 1.165) is 17.1 Å². The van der Waals surface area contributed by atoms with Gasteiger partial charge in [0.05, 0.1) is 23.4 Å². The highest BCUT2D eigenvalue weighted by Gasteiger charge is 2.25. The van der Waals surface area contributed by atoms with Crippen molar-refractivity contribution in [1.82, 2.24) is 30.7 Å². The third-order valence-corrected chi connectivity index (χ3v) is 5.05. The Hall–Kier alpha value is -2.55. The Morgan fingerprint density at radius 3 is 2.65 bits per heavy atom. The van der Waals surface area contributed by atoms with Gasteiger partial charge < -0.3 is 4.90 Å². The number of rotatable bonds is 1. The van der Waals surface area contributed by atoms with Crippen LogP contribution in [0.4, 0.5) is 4.79 Å². The van der Waals surface area contributed by atoms with E-state index in [4.69, 9.17) is 0 Å². The summed E-state index contributed by atoms with van der Waals surface area (Å²) in [6, 6.07) is -0.355. The molecule has 0 saturated heterocycles. The molecule has 2 aromatic rings. The van der Waals surface area contributed by atoms with Crippen molar-refractivity contribution >= 4 is 23.3 Å². The number of carbonyl (C=O) groups excluding carboxylic acids is 2. The maximum Gasteiger partial charge on any atom is 0.336 e. The van der Waals surface area contributed by atoms with Crippen molar-refractivity contribution in [3.05, 3.63) is 39.4 Å². The lowest BCUT2D eigenvalue weighted by atomic mass is 9.95. The molecule has 0 unspecified atom stereocenters. The topological polar surface area (TPSA) is 100 Å². The second kappa shape index (κ2) is 6.99. The van der Waals surface area contributed by atoms with Crippen LogP contribution in [0.1, 0.15) is 53.2 Å². The fourth-order valence-electron chi connectivity index (χ4n) is 2.62. The molecule has 1 aliphatic heterocycles. The smallest absolute Gasteiger partial charge is 0.319 e. The summed E-state index contributed by atoms with van der Waals surface area (Å²) >= 11 is 1.23. The van der Waals surface area contributed by atoms with E-state index in [1.807, 2.05) is 0 Å². The van der Waals surface area contributed by atoms with Crippen LogP contribution >= 0.6 is 11.3 Å². The minimum Gasteiger partial charge on any atom is -0.319 e. The minimum absolute atomic E-state index is 0.109. The summed E-state index contributed by atoms with van der Waals surface area (Å²) in [7, 11) is 0. The molecule has 3 heterocycles. The molecule has 1 aliphatic rings. The lowest BCUT2D eigenvalue weighted by Gasteiger charge is -2.29. The Kier molecular flexibility index (Phi) is 4.90. The second-order valence-electron chi connectivity index (χ2n) is 7.24. The molecule has 0 fully saturated rings. The van der Waals surface area contributed by atoms with Gasteiger partial charge in [0.15, 0.2) is 0 Å². The van der Waals surface area contributed by atoms with Crippen LogP contribution in [-0.2, 0) is 18.4 Å². The highest BCUT2D eigenvalue weighted by Crippen LogP contribution is 2.22. The molecule has 26 heavy (non-hydrogen) atoms. The molecule has 0 atom stereocenters. The van der Waals surface area contributed by atoms with Gasteiger partial charge in [0.25, 0.3) is 5.91 Å². The fourth-order valence-corrected chi connectivity index (χ4v) is 3.31. The van der Waals surface area contributed by atoms with Crippen molar-refractivity contribution in [3.8, 4) is 0 Å². The van der Waals surface area contributed by atoms with Gasteiger partial charge in [-0.25, -0.2) is 25.2 Å². The predicted molar refractivity (Wildman–Crippen MR) is 97.7 cm³/mol. The SMILES string of the molecule is Cc1ncsc1C(=O)NNC(=O)N1CCc2nc(C(C)(C)C)ncc2C1. The standard InChI is InChI=1S/C17H22N6O2S/c1-10-13(26-9-19-10)14(24)21-22-16(25)23-6-5-12-11(8-23)7-18-15(20-12)17(2,3)4/h7,9H,5-6,8H2,1-4H3,(H,21,24)(H,22,25). The second-order valence-corrected chi connectivity index (χ2v) is 8.09. The van der Waals surface area contributed by atoms with Gasteiger partial charge >= 0.3 is 6.03 Å². The van der Waals surface area contributed by atoms with E-state index >= 15 is 0 Å². The molecule has 0 radical (unpaired) electrons. The normalized spacial score (nSPS) is 13.9. The van der Waals surface area contributed by atoms with Gasteiger partial charge in [0.1, 0.15) is 10.7 Å². The number of urea groups is 1. The highest BCUT2D eigenvalue weighted by molar-refractivity contribution is 7.11. The molecule has 3 amide bonds. The monoisotopic (exact) mass is 374 g/mol. The lowest BCUT2D eigenvalue weighted by molar-refractivity contribution is 0.0932. The predicted octanol–water partition coefficient (Wildman–Crippen LogP) is 1.95. The molecule has 8 nitrogen and oxygen atoms in total. The zero-order valence-corrected chi connectivity index (χ0v) is 16.1. The van der Waals surface area contributed by atoms with E-state index in [1.165, 1.54) is 11.3 Å². The van der Waals surface area contributed by atoms with Crippen molar-refractivity contribution in [2.75, 3.05) is 6.54 Å². The molecule has 3 rings (SSSR count). The molecule has 138 valence electrons. The van der Waals surface area contributed by atoms with E-state index in [1.54, 1.807) is 23.5 Å². The Bertz CT molecular complexity index is 842. The maximum atomic E-state index is 12.3. The molecule has 2 N–H and O–H groups in total. The zero-order chi connectivity index (χ0) is 18.9. The molecule has 0 saturated carbocycles. The third kappa shape index (κ3) is 3.82. The van der Waals surface area contributed by atoms with Gasteiger partial charge in [0, 0.05) is 30.1 Å². The number of hydrazine groups is 1. The number of aromatic nitrogens is 3. The summed E-state index contributed by atoms with van der Waals surface area (Å²) in [6.45, 7) is 8.93. The van der Waals surface area contributed by atoms with Crippen LogP contribution in [0.5, 0.6) is 0 Å². The minimum atomic E-state index is -0.367. The van der Waals surface area contributed by atoms with Crippen molar-refractivity contribution in [2.45, 2.75) is 46.1 Å². The Labute approximate surface area is 156 Å². The van der Waals surface area contributed by atoms with E-state index < -0.39 is 0 Å². The number of aryl methyl sites for hydroxylation is 1. The van der Waals surface area contributed by atoms with Crippen LogP contribution in [-0.4, -0.2) is 38.3 Å². The van der Waals surface area contributed by atoms with Crippen LogP contribution in [0.25, 0.3) is 0 Å². The van der Waals surface area contributed by atoms with Crippen LogP contribution in [0.15, 0.2) is 11.7 Å². The number of amides is 3. The fraction of sp³-hybridized carbons (Fsp3) is 0.471. The third-order valence-electron chi connectivity index (χ3n) is 4.13. The van der Waals surface area contributed by atoms with Crippen LogP contribution in [0, 0.1) is 6.92 Å². The average Bonchev–Trinajstić information content (AvgIpc) is 3.03. The number of hydrogen-bond acceptors (Lipinski definition) is 6. The molecular weight excluding hydrogens is 352 g/mol. The first-order valence-electron chi connectivity index (χ1n) is 8.36. The van der Waals surface area contributed by atoms with Crippen molar-refractivity contribution in [1.29, 1.82) is 0 Å². The first-order chi connectivity index (χ1) is 12.3. The van der Waals surface area contributed by atoms with Gasteiger partial charge in [-0.1, -0.05) is 20.8 Å². The Morgan fingerprint density at radius 1 is 1.23 bits per heavy atom. The van der Waals surface area contributed by atoms with E-state index in [0.29, 0.717) is 30.1 Å². The van der Waals surface area contributed by atoms with Crippen molar-refractivity contribution < 1.29 is 9.59 Å². The molecule has 0 aliphatic carbocycles. The van der Waals surface area contributed by atoms with Crippen LogP contribution in [0.3, 0.4) is 0 Å². The number of carbonyl (C=O) groups is 2. The molecular formula is C17H22N6O2S. The van der Waals surface area contributed by atoms with Crippen molar-refractivity contribution in [3.63, 3.8) is 0 Å². The highest BCUT2D eigenvalue weighted by atomic mass is 32.1. The van der Waals surface area contributed by atoms with Crippen molar-refractivity contribution in [2.24, 2.45) is 0 Å². The zero-order valence-electron chi connectivity index (χ0n) is 15.3. The molecule has 0 spiro atoms. The first kappa shape index (κ1) is 18.2. The van der Waals surface area contributed by atoms with E-state index in [2.05, 4.69) is 46.6 Å². The summed E-state index contributed by atoms with van der Waals surface area (Å²) in [4.78, 5) is 39.6. The maximum absolute atomic E-state index is 12.3. The average molecular weight is 374 g/mol. The largest absolute Gasteiger partial charge is 0.336 e. The summed E-state index contributed by atoms with van der Waals surface area (Å²) in [5.41, 5.74) is 8.94.